The van der Waals surface area contributed by atoms with Crippen molar-refractivity contribution >= 4 is 5.91 Å². The van der Waals surface area contributed by atoms with E-state index in [4.69, 9.17) is 0 Å². The first-order valence-electron chi connectivity index (χ1n) is 14.3. The lowest BCUT2D eigenvalue weighted by atomic mass is 9.88. The molecule has 1 aromatic carbocycles. The Hall–Kier alpha value is -3.64. The fourth-order valence-corrected chi connectivity index (χ4v) is 6.65. The summed E-state index contributed by atoms with van der Waals surface area (Å²) in [5.74, 6) is -3.30. The number of benzene rings is 1. The maximum atomic E-state index is 14.8. The van der Waals surface area contributed by atoms with E-state index in [2.05, 4.69) is 20.4 Å². The number of hydrogen-bond donors (Lipinski definition) is 1. The molecule has 1 saturated heterocycles. The van der Waals surface area contributed by atoms with Crippen molar-refractivity contribution in [1.29, 1.82) is 0 Å². The Balaban J connectivity index is 1.24. The Labute approximate surface area is 238 Å². The number of piperidine rings is 1. The standard InChI is InChI=1S/C29H31F5N6O2/c1-16-13-21(26(42)37-35-16)17-7-11-39(12-8-17)23(41)14-18-5-6-19(20-3-2-4-22(30)24(20)31)15-40-25(18)36-38-27(40)28(9-10-28)29(32,33)34/h2-4,13,17-19H,5-12,14-15H2,1H3,(H,37,42)/t18-,19+/m1/s1. The van der Waals surface area contributed by atoms with Gasteiger partial charge in [0.1, 0.15) is 17.1 Å². The Kier molecular flexibility index (Phi) is 7.17. The Morgan fingerprint density at radius 2 is 1.79 bits per heavy atom. The molecule has 1 saturated carbocycles. The summed E-state index contributed by atoms with van der Waals surface area (Å²) in [6.07, 6.45) is -2.88. The molecule has 2 fully saturated rings. The summed E-state index contributed by atoms with van der Waals surface area (Å²) in [7, 11) is 0. The van der Waals surface area contributed by atoms with E-state index in [1.54, 1.807) is 17.9 Å². The first-order valence-corrected chi connectivity index (χ1v) is 14.3. The molecule has 4 heterocycles. The summed E-state index contributed by atoms with van der Waals surface area (Å²) in [6.45, 7) is 2.63. The van der Waals surface area contributed by atoms with Gasteiger partial charge in [-0.15, -0.1) is 10.2 Å². The lowest BCUT2D eigenvalue weighted by Crippen LogP contribution is -2.39. The van der Waals surface area contributed by atoms with E-state index in [9.17, 15) is 31.5 Å². The summed E-state index contributed by atoms with van der Waals surface area (Å²) < 4.78 is 72.8. The van der Waals surface area contributed by atoms with Crippen LogP contribution in [-0.4, -0.2) is 55.0 Å². The normalized spacial score (nSPS) is 22.5. The first kappa shape index (κ1) is 28.5. The van der Waals surface area contributed by atoms with E-state index in [1.165, 1.54) is 16.7 Å². The van der Waals surface area contributed by atoms with Crippen molar-refractivity contribution in [3.8, 4) is 0 Å². The number of amides is 1. The molecule has 1 amide bonds. The second kappa shape index (κ2) is 10.6. The lowest BCUT2D eigenvalue weighted by Gasteiger charge is -2.32. The number of halogens is 5. The van der Waals surface area contributed by atoms with Crippen molar-refractivity contribution < 1.29 is 26.7 Å². The molecule has 13 heteroatoms. The summed E-state index contributed by atoms with van der Waals surface area (Å²) in [4.78, 5) is 27.5. The molecule has 42 heavy (non-hydrogen) atoms. The predicted octanol–water partition coefficient (Wildman–Crippen LogP) is 5.00. The molecule has 0 spiro atoms. The zero-order valence-corrected chi connectivity index (χ0v) is 23.1. The smallest absolute Gasteiger partial charge is 0.343 e. The average Bonchev–Trinajstić information content (AvgIpc) is 3.71. The number of hydrogen-bond acceptors (Lipinski definition) is 5. The third-order valence-electron chi connectivity index (χ3n) is 9.22. The van der Waals surface area contributed by atoms with Gasteiger partial charge in [0.05, 0.1) is 5.69 Å². The highest BCUT2D eigenvalue weighted by atomic mass is 19.4. The van der Waals surface area contributed by atoms with Gasteiger partial charge in [-0.3, -0.25) is 9.59 Å². The largest absolute Gasteiger partial charge is 0.401 e. The number of aromatic amines is 1. The Morgan fingerprint density at radius 1 is 1.05 bits per heavy atom. The van der Waals surface area contributed by atoms with E-state index >= 15 is 0 Å². The van der Waals surface area contributed by atoms with Gasteiger partial charge in [0, 0.05) is 43.5 Å². The summed E-state index contributed by atoms with van der Waals surface area (Å²) in [5, 5.41) is 14.6. The van der Waals surface area contributed by atoms with Crippen LogP contribution in [0, 0.1) is 18.6 Å². The maximum Gasteiger partial charge on any atom is 0.401 e. The number of aromatic nitrogens is 5. The van der Waals surface area contributed by atoms with Crippen LogP contribution < -0.4 is 5.56 Å². The van der Waals surface area contributed by atoms with Crippen molar-refractivity contribution in [2.24, 2.45) is 0 Å². The number of H-pyrrole nitrogens is 1. The van der Waals surface area contributed by atoms with Crippen LogP contribution in [0.2, 0.25) is 0 Å². The summed E-state index contributed by atoms with van der Waals surface area (Å²) in [5.41, 5.74) is -0.917. The molecular weight excluding hydrogens is 559 g/mol. The van der Waals surface area contributed by atoms with Crippen LogP contribution in [0.15, 0.2) is 29.1 Å². The van der Waals surface area contributed by atoms with Crippen LogP contribution in [0.5, 0.6) is 0 Å². The van der Waals surface area contributed by atoms with E-state index in [0.717, 1.165) is 6.07 Å². The molecule has 3 aliphatic rings. The zero-order chi connectivity index (χ0) is 29.8. The van der Waals surface area contributed by atoms with Gasteiger partial charge in [0.15, 0.2) is 11.6 Å². The molecule has 1 aliphatic carbocycles. The second-order valence-corrected chi connectivity index (χ2v) is 11.8. The van der Waals surface area contributed by atoms with E-state index in [0.29, 0.717) is 50.0 Å². The summed E-state index contributed by atoms with van der Waals surface area (Å²) in [6, 6.07) is 5.61. The van der Waals surface area contributed by atoms with E-state index in [-0.39, 0.29) is 60.4 Å². The number of alkyl halides is 3. The predicted molar refractivity (Wildman–Crippen MR) is 141 cm³/mol. The minimum absolute atomic E-state index is 0.00905. The van der Waals surface area contributed by atoms with E-state index < -0.39 is 35.1 Å². The van der Waals surface area contributed by atoms with Gasteiger partial charge < -0.3 is 9.47 Å². The molecule has 8 nitrogen and oxygen atoms in total. The number of nitrogens with zero attached hydrogens (tertiary/aromatic N) is 5. The fourth-order valence-electron chi connectivity index (χ4n) is 6.65. The van der Waals surface area contributed by atoms with Crippen molar-refractivity contribution in [2.45, 2.75) is 87.8 Å². The number of rotatable bonds is 5. The fraction of sp³-hybridized carbons (Fsp3) is 0.552. The lowest BCUT2D eigenvalue weighted by molar-refractivity contribution is -0.163. The minimum Gasteiger partial charge on any atom is -0.343 e. The van der Waals surface area contributed by atoms with Gasteiger partial charge in [0.2, 0.25) is 5.91 Å². The number of likely N-dealkylation sites (tertiary alicyclic amines) is 1. The summed E-state index contributed by atoms with van der Waals surface area (Å²) >= 11 is 0. The molecular formula is C29H31F5N6O2. The third-order valence-corrected chi connectivity index (χ3v) is 9.22. The van der Waals surface area contributed by atoms with Crippen molar-refractivity contribution in [3.63, 3.8) is 0 Å². The number of fused-ring (bicyclic) bond motifs is 1. The van der Waals surface area contributed by atoms with Crippen molar-refractivity contribution in [3.05, 3.63) is 74.7 Å². The number of carbonyl (C=O) groups is 1. The maximum absolute atomic E-state index is 14.8. The van der Waals surface area contributed by atoms with Gasteiger partial charge in [-0.2, -0.15) is 18.3 Å². The zero-order valence-electron chi connectivity index (χ0n) is 23.1. The highest BCUT2D eigenvalue weighted by molar-refractivity contribution is 5.77. The third kappa shape index (κ3) is 5.00. The van der Waals surface area contributed by atoms with Gasteiger partial charge in [0.25, 0.3) is 5.56 Å². The van der Waals surface area contributed by atoms with Crippen LogP contribution in [0.25, 0.3) is 0 Å². The Morgan fingerprint density at radius 3 is 2.48 bits per heavy atom. The molecule has 2 atom stereocenters. The van der Waals surface area contributed by atoms with Crippen LogP contribution in [0.1, 0.15) is 91.2 Å². The van der Waals surface area contributed by atoms with Crippen LogP contribution in [0.4, 0.5) is 22.0 Å². The molecule has 0 bridgehead atoms. The van der Waals surface area contributed by atoms with Gasteiger partial charge in [-0.05, 0) is 69.1 Å². The second-order valence-electron chi connectivity index (χ2n) is 11.8. The van der Waals surface area contributed by atoms with Crippen LogP contribution >= 0.6 is 0 Å². The molecule has 0 radical (unpaired) electrons. The number of nitrogens with one attached hydrogen (secondary N) is 1. The first-order chi connectivity index (χ1) is 20.0. The van der Waals surface area contributed by atoms with Gasteiger partial charge in [-0.1, -0.05) is 12.1 Å². The van der Waals surface area contributed by atoms with Gasteiger partial charge >= 0.3 is 6.18 Å². The van der Waals surface area contributed by atoms with Crippen LogP contribution in [-0.2, 0) is 16.8 Å². The monoisotopic (exact) mass is 590 g/mol. The van der Waals surface area contributed by atoms with Crippen molar-refractivity contribution in [1.82, 2.24) is 29.9 Å². The number of aryl methyl sites for hydroxylation is 1. The van der Waals surface area contributed by atoms with E-state index in [1.807, 2.05) is 0 Å². The van der Waals surface area contributed by atoms with Crippen LogP contribution in [0.3, 0.4) is 0 Å². The quantitative estimate of drug-likeness (QED) is 0.422. The highest BCUT2D eigenvalue weighted by Gasteiger charge is 2.67. The topological polar surface area (TPSA) is 96.8 Å². The number of carbonyl (C=O) groups excluding carboxylic acids is 1. The Bertz CT molecular complexity index is 1550. The molecule has 6 rings (SSSR count). The molecule has 2 aliphatic heterocycles. The van der Waals surface area contributed by atoms with Crippen molar-refractivity contribution in [2.75, 3.05) is 13.1 Å². The SMILES string of the molecule is Cc1cc(C2CCN(C(=O)C[C@H]3CC[C@H](c4cccc(F)c4F)Cn4c3nnc4C3(C(F)(F)F)CC3)CC2)c(=O)[nH]n1. The molecule has 0 unspecified atom stereocenters. The molecule has 1 N–H and O–H groups in total. The molecule has 2 aromatic heterocycles. The molecule has 224 valence electrons. The minimum atomic E-state index is -4.53. The highest BCUT2D eigenvalue weighted by Crippen LogP contribution is 2.59. The van der Waals surface area contributed by atoms with Gasteiger partial charge in [-0.25, -0.2) is 13.9 Å². The molecule has 3 aromatic rings. The average molecular weight is 591 g/mol.